The molecule has 1 fully saturated rings. The van der Waals surface area contributed by atoms with Crippen LogP contribution in [0.15, 0.2) is 30.3 Å². The minimum atomic E-state index is -0.637. The lowest BCUT2D eigenvalue weighted by molar-refractivity contribution is 0.0941. The molecule has 1 aromatic rings. The van der Waals surface area contributed by atoms with Gasteiger partial charge in [-0.25, -0.2) is 0 Å². The van der Waals surface area contributed by atoms with E-state index in [0.717, 1.165) is 6.42 Å². The minimum absolute atomic E-state index is 0.171. The summed E-state index contributed by atoms with van der Waals surface area (Å²) < 4.78 is 0. The van der Waals surface area contributed by atoms with Gasteiger partial charge in [-0.3, -0.25) is 0 Å². The highest BCUT2D eigenvalue weighted by molar-refractivity contribution is 5.27. The molecular formula is C12H17NO2. The monoisotopic (exact) mass is 207 g/mol. The van der Waals surface area contributed by atoms with Crippen LogP contribution in [0, 0.1) is 0 Å². The van der Waals surface area contributed by atoms with Crippen LogP contribution in [-0.4, -0.2) is 35.5 Å². The molecule has 3 N–H and O–H groups in total. The predicted molar refractivity (Wildman–Crippen MR) is 58.7 cm³/mol. The van der Waals surface area contributed by atoms with E-state index in [1.54, 1.807) is 0 Å². The Bertz CT molecular complexity index is 302. The van der Waals surface area contributed by atoms with E-state index < -0.39 is 6.10 Å². The molecule has 15 heavy (non-hydrogen) atoms. The number of hydrogen-bond acceptors (Lipinski definition) is 3. The summed E-state index contributed by atoms with van der Waals surface area (Å²) in [5, 5.41) is 21.1. The maximum atomic E-state index is 9.18. The molecule has 0 amide bonds. The smallest absolute Gasteiger partial charge is 0.0895 e. The minimum Gasteiger partial charge on any atom is -0.394 e. The Balaban J connectivity index is 1.77. The molecule has 0 saturated heterocycles. The van der Waals surface area contributed by atoms with Crippen LogP contribution in [0.25, 0.3) is 0 Å². The summed E-state index contributed by atoms with van der Waals surface area (Å²) in [5.74, 6) is 0.581. The van der Waals surface area contributed by atoms with E-state index in [2.05, 4.69) is 17.4 Å². The van der Waals surface area contributed by atoms with E-state index in [4.69, 9.17) is 5.11 Å². The van der Waals surface area contributed by atoms with Crippen molar-refractivity contribution in [2.75, 3.05) is 13.2 Å². The Hall–Kier alpha value is -0.900. The standard InChI is InChI=1S/C12H17NO2/c14-8-10(15)7-13-12-6-11(12)9-4-2-1-3-5-9/h1-5,10-15H,6-8H2. The van der Waals surface area contributed by atoms with Crippen LogP contribution in [0.1, 0.15) is 17.9 Å². The Kier molecular flexibility index (Phi) is 3.36. The predicted octanol–water partition coefficient (Wildman–Crippen LogP) is 0.485. The van der Waals surface area contributed by atoms with Crippen molar-refractivity contribution in [1.29, 1.82) is 0 Å². The van der Waals surface area contributed by atoms with Gasteiger partial charge in [-0.05, 0) is 12.0 Å². The zero-order valence-corrected chi connectivity index (χ0v) is 8.63. The third kappa shape index (κ3) is 2.78. The van der Waals surface area contributed by atoms with Crippen LogP contribution >= 0.6 is 0 Å². The van der Waals surface area contributed by atoms with Crippen molar-refractivity contribution in [3.05, 3.63) is 35.9 Å². The van der Waals surface area contributed by atoms with Gasteiger partial charge in [-0.1, -0.05) is 30.3 Å². The number of benzene rings is 1. The average molecular weight is 207 g/mol. The van der Waals surface area contributed by atoms with Gasteiger partial charge in [0.25, 0.3) is 0 Å². The first-order valence-corrected chi connectivity index (χ1v) is 5.38. The van der Waals surface area contributed by atoms with E-state index in [9.17, 15) is 5.11 Å². The number of nitrogens with one attached hydrogen (secondary N) is 1. The van der Waals surface area contributed by atoms with Gasteiger partial charge in [0.1, 0.15) is 0 Å². The lowest BCUT2D eigenvalue weighted by atomic mass is 10.1. The fourth-order valence-electron chi connectivity index (χ4n) is 1.84. The summed E-state index contributed by atoms with van der Waals surface area (Å²) in [6, 6.07) is 10.8. The third-order valence-corrected chi connectivity index (χ3v) is 2.84. The Labute approximate surface area is 89.8 Å². The van der Waals surface area contributed by atoms with E-state index >= 15 is 0 Å². The fraction of sp³-hybridized carbons (Fsp3) is 0.500. The molecule has 1 aliphatic carbocycles. The fourth-order valence-corrected chi connectivity index (χ4v) is 1.84. The topological polar surface area (TPSA) is 52.5 Å². The molecule has 1 aromatic carbocycles. The highest BCUT2D eigenvalue weighted by Gasteiger charge is 2.37. The number of aliphatic hydroxyl groups excluding tert-OH is 2. The largest absolute Gasteiger partial charge is 0.394 e. The van der Waals surface area contributed by atoms with Crippen molar-refractivity contribution in [3.63, 3.8) is 0 Å². The maximum absolute atomic E-state index is 9.18. The van der Waals surface area contributed by atoms with Crippen molar-refractivity contribution >= 4 is 0 Å². The van der Waals surface area contributed by atoms with Crippen LogP contribution in [0.4, 0.5) is 0 Å². The molecule has 0 heterocycles. The van der Waals surface area contributed by atoms with E-state index in [1.165, 1.54) is 5.56 Å². The number of aliphatic hydroxyl groups is 2. The van der Waals surface area contributed by atoms with Gasteiger partial charge < -0.3 is 15.5 Å². The maximum Gasteiger partial charge on any atom is 0.0895 e. The van der Waals surface area contributed by atoms with Gasteiger partial charge in [-0.2, -0.15) is 0 Å². The lowest BCUT2D eigenvalue weighted by Gasteiger charge is -2.08. The van der Waals surface area contributed by atoms with Crippen LogP contribution in [0.3, 0.4) is 0 Å². The first-order valence-electron chi connectivity index (χ1n) is 5.38. The lowest BCUT2D eigenvalue weighted by Crippen LogP contribution is -2.31. The molecule has 3 unspecified atom stereocenters. The molecule has 0 bridgehead atoms. The molecular weight excluding hydrogens is 190 g/mol. The molecule has 3 nitrogen and oxygen atoms in total. The van der Waals surface area contributed by atoms with Crippen molar-refractivity contribution in [1.82, 2.24) is 5.32 Å². The highest BCUT2D eigenvalue weighted by Crippen LogP contribution is 2.40. The molecule has 0 aliphatic heterocycles. The Morgan fingerprint density at radius 3 is 2.73 bits per heavy atom. The molecule has 2 rings (SSSR count). The van der Waals surface area contributed by atoms with Gasteiger partial charge >= 0.3 is 0 Å². The van der Waals surface area contributed by atoms with Crippen molar-refractivity contribution in [3.8, 4) is 0 Å². The van der Waals surface area contributed by atoms with Crippen molar-refractivity contribution in [2.45, 2.75) is 24.5 Å². The summed E-state index contributed by atoms with van der Waals surface area (Å²) in [4.78, 5) is 0. The summed E-state index contributed by atoms with van der Waals surface area (Å²) in [5.41, 5.74) is 1.36. The molecule has 0 radical (unpaired) electrons. The van der Waals surface area contributed by atoms with Gasteiger partial charge in [0, 0.05) is 18.5 Å². The van der Waals surface area contributed by atoms with Gasteiger partial charge in [0.05, 0.1) is 12.7 Å². The van der Waals surface area contributed by atoms with Gasteiger partial charge in [-0.15, -0.1) is 0 Å². The van der Waals surface area contributed by atoms with E-state index in [1.807, 2.05) is 18.2 Å². The summed E-state index contributed by atoms with van der Waals surface area (Å²) in [6.07, 6.45) is 0.490. The van der Waals surface area contributed by atoms with Crippen LogP contribution in [-0.2, 0) is 0 Å². The highest BCUT2D eigenvalue weighted by atomic mass is 16.3. The van der Waals surface area contributed by atoms with Crippen LogP contribution < -0.4 is 5.32 Å². The van der Waals surface area contributed by atoms with Gasteiger partial charge in [0.2, 0.25) is 0 Å². The Morgan fingerprint density at radius 1 is 1.33 bits per heavy atom. The van der Waals surface area contributed by atoms with Crippen LogP contribution in [0.2, 0.25) is 0 Å². The molecule has 1 aliphatic rings. The van der Waals surface area contributed by atoms with Gasteiger partial charge in [0.15, 0.2) is 0 Å². The number of rotatable bonds is 5. The van der Waals surface area contributed by atoms with E-state index in [-0.39, 0.29) is 6.61 Å². The molecule has 82 valence electrons. The molecule has 1 saturated carbocycles. The normalized spacial score (nSPS) is 26.3. The molecule has 3 heteroatoms. The second-order valence-corrected chi connectivity index (χ2v) is 4.10. The van der Waals surface area contributed by atoms with Crippen molar-refractivity contribution < 1.29 is 10.2 Å². The quantitative estimate of drug-likeness (QED) is 0.658. The zero-order chi connectivity index (χ0) is 10.7. The third-order valence-electron chi connectivity index (χ3n) is 2.84. The molecule has 3 atom stereocenters. The van der Waals surface area contributed by atoms with Crippen LogP contribution in [0.5, 0.6) is 0 Å². The van der Waals surface area contributed by atoms with Crippen molar-refractivity contribution in [2.24, 2.45) is 0 Å². The average Bonchev–Trinajstić information content (AvgIpc) is 3.06. The first kappa shape index (κ1) is 10.6. The molecule has 0 spiro atoms. The zero-order valence-electron chi connectivity index (χ0n) is 8.63. The summed E-state index contributed by atoms with van der Waals surface area (Å²) in [7, 11) is 0. The first-order chi connectivity index (χ1) is 7.31. The summed E-state index contributed by atoms with van der Waals surface area (Å²) in [6.45, 7) is 0.306. The van der Waals surface area contributed by atoms with E-state index in [0.29, 0.717) is 18.5 Å². The Morgan fingerprint density at radius 2 is 2.07 bits per heavy atom. The SMILES string of the molecule is OCC(O)CNC1CC1c1ccccc1. The summed E-state index contributed by atoms with van der Waals surface area (Å²) >= 11 is 0. The number of hydrogen-bond donors (Lipinski definition) is 3. The molecule has 0 aromatic heterocycles. The second kappa shape index (κ2) is 4.75. The second-order valence-electron chi connectivity index (χ2n) is 4.10.